The summed E-state index contributed by atoms with van der Waals surface area (Å²) < 4.78 is 2.89. The van der Waals surface area contributed by atoms with Gasteiger partial charge in [0.25, 0.3) is 0 Å². The number of nitrogens with zero attached hydrogens (tertiary/aromatic N) is 2. The molecule has 2 aromatic rings. The van der Waals surface area contributed by atoms with Crippen molar-refractivity contribution in [1.29, 1.82) is 0 Å². The first-order chi connectivity index (χ1) is 7.59. The zero-order valence-electron chi connectivity index (χ0n) is 8.69. The number of halogens is 2. The van der Waals surface area contributed by atoms with Crippen molar-refractivity contribution in [2.24, 2.45) is 12.8 Å². The van der Waals surface area contributed by atoms with Gasteiger partial charge in [0.05, 0.1) is 11.7 Å². The summed E-state index contributed by atoms with van der Waals surface area (Å²) >= 11 is 8.24. The lowest BCUT2D eigenvalue weighted by molar-refractivity contribution is 0.672. The normalized spacial score (nSPS) is 12.8. The lowest BCUT2D eigenvalue weighted by Crippen LogP contribution is -2.17. The second-order valence-corrected chi connectivity index (χ2v) is 5.12. The number of aromatic nitrogens is 2. The van der Waals surface area contributed by atoms with Crippen LogP contribution in [0.25, 0.3) is 0 Å². The van der Waals surface area contributed by atoms with Gasteiger partial charge in [0, 0.05) is 21.8 Å². The molecule has 5 heteroatoms. The SMILES string of the molecule is Cn1nccc1C(N)c1cc(Cl)ccc1I. The van der Waals surface area contributed by atoms with Crippen LogP contribution in [0.4, 0.5) is 0 Å². The number of rotatable bonds is 2. The van der Waals surface area contributed by atoms with Crippen molar-refractivity contribution >= 4 is 34.2 Å². The van der Waals surface area contributed by atoms with E-state index in [0.29, 0.717) is 5.02 Å². The molecule has 0 aliphatic heterocycles. The van der Waals surface area contributed by atoms with E-state index in [9.17, 15) is 0 Å². The predicted molar refractivity (Wildman–Crippen MR) is 73.4 cm³/mol. The summed E-state index contributed by atoms with van der Waals surface area (Å²) in [5.74, 6) is 0. The molecule has 0 radical (unpaired) electrons. The molecule has 0 spiro atoms. The standard InChI is InChI=1S/C11H11ClIN3/c1-16-10(4-5-15-16)11(14)8-6-7(12)2-3-9(8)13/h2-6,11H,14H2,1H3. The second kappa shape index (κ2) is 4.73. The average Bonchev–Trinajstić information content (AvgIpc) is 2.67. The molecule has 1 atom stereocenters. The Morgan fingerprint density at radius 2 is 2.19 bits per heavy atom. The molecule has 1 aromatic heterocycles. The molecule has 1 heterocycles. The minimum atomic E-state index is -0.196. The first-order valence-electron chi connectivity index (χ1n) is 4.78. The van der Waals surface area contributed by atoms with Crippen LogP contribution in [0.3, 0.4) is 0 Å². The maximum absolute atomic E-state index is 6.21. The average molecular weight is 348 g/mol. The summed E-state index contributed by atoms with van der Waals surface area (Å²) in [4.78, 5) is 0. The molecule has 1 aromatic carbocycles. The summed E-state index contributed by atoms with van der Waals surface area (Å²) in [6.07, 6.45) is 1.74. The van der Waals surface area contributed by atoms with Gasteiger partial charge in [-0.05, 0) is 52.4 Å². The fraction of sp³-hybridized carbons (Fsp3) is 0.182. The third kappa shape index (κ3) is 2.23. The van der Waals surface area contributed by atoms with E-state index in [2.05, 4.69) is 27.7 Å². The highest BCUT2D eigenvalue weighted by Crippen LogP contribution is 2.26. The molecule has 2 N–H and O–H groups in total. The van der Waals surface area contributed by atoms with E-state index in [1.807, 2.05) is 31.3 Å². The van der Waals surface area contributed by atoms with Crippen LogP contribution in [0.5, 0.6) is 0 Å². The van der Waals surface area contributed by atoms with Crippen LogP contribution in [0.15, 0.2) is 30.5 Å². The summed E-state index contributed by atoms with van der Waals surface area (Å²) in [7, 11) is 1.88. The Bertz CT molecular complexity index is 510. The first kappa shape index (κ1) is 11.9. The highest BCUT2D eigenvalue weighted by Gasteiger charge is 2.15. The van der Waals surface area contributed by atoms with E-state index in [1.165, 1.54) is 0 Å². The number of nitrogens with two attached hydrogens (primary N) is 1. The topological polar surface area (TPSA) is 43.8 Å². The number of hydrogen-bond acceptors (Lipinski definition) is 2. The maximum atomic E-state index is 6.21. The molecule has 0 saturated heterocycles. The third-order valence-corrected chi connectivity index (χ3v) is 3.69. The molecular formula is C11H11ClIN3. The van der Waals surface area contributed by atoms with Gasteiger partial charge in [0.2, 0.25) is 0 Å². The summed E-state index contributed by atoms with van der Waals surface area (Å²) in [5.41, 5.74) is 8.20. The van der Waals surface area contributed by atoms with Gasteiger partial charge in [-0.1, -0.05) is 11.6 Å². The van der Waals surface area contributed by atoms with Crippen molar-refractivity contribution < 1.29 is 0 Å². The molecule has 0 amide bonds. The first-order valence-corrected chi connectivity index (χ1v) is 6.23. The van der Waals surface area contributed by atoms with Gasteiger partial charge in [-0.3, -0.25) is 4.68 Å². The fourth-order valence-corrected chi connectivity index (χ4v) is 2.45. The Balaban J connectivity index is 2.45. The van der Waals surface area contributed by atoms with E-state index in [-0.39, 0.29) is 6.04 Å². The van der Waals surface area contributed by atoms with Gasteiger partial charge in [-0.2, -0.15) is 5.10 Å². The fourth-order valence-electron chi connectivity index (χ4n) is 1.60. The van der Waals surface area contributed by atoms with Crippen molar-refractivity contribution in [3.8, 4) is 0 Å². The van der Waals surface area contributed by atoms with Gasteiger partial charge in [0.1, 0.15) is 0 Å². The van der Waals surface area contributed by atoms with E-state index in [0.717, 1.165) is 14.8 Å². The van der Waals surface area contributed by atoms with Gasteiger partial charge in [-0.15, -0.1) is 0 Å². The van der Waals surface area contributed by atoms with Crippen molar-refractivity contribution in [1.82, 2.24) is 9.78 Å². The molecule has 16 heavy (non-hydrogen) atoms. The Hall–Kier alpha value is -0.590. The van der Waals surface area contributed by atoms with Crippen LogP contribution in [0.1, 0.15) is 17.3 Å². The molecule has 84 valence electrons. The van der Waals surface area contributed by atoms with Crippen LogP contribution < -0.4 is 5.73 Å². The lowest BCUT2D eigenvalue weighted by atomic mass is 10.1. The van der Waals surface area contributed by atoms with Gasteiger partial charge < -0.3 is 5.73 Å². The van der Waals surface area contributed by atoms with Crippen LogP contribution in [0, 0.1) is 3.57 Å². The monoisotopic (exact) mass is 347 g/mol. The van der Waals surface area contributed by atoms with Gasteiger partial charge in [0.15, 0.2) is 0 Å². The highest BCUT2D eigenvalue weighted by atomic mass is 127. The van der Waals surface area contributed by atoms with Gasteiger partial charge >= 0.3 is 0 Å². The predicted octanol–water partition coefficient (Wildman–Crippen LogP) is 2.73. The second-order valence-electron chi connectivity index (χ2n) is 3.52. The van der Waals surface area contributed by atoms with E-state index < -0.39 is 0 Å². The maximum Gasteiger partial charge on any atom is 0.0733 e. The van der Waals surface area contributed by atoms with Crippen LogP contribution in [-0.4, -0.2) is 9.78 Å². The van der Waals surface area contributed by atoms with E-state index >= 15 is 0 Å². The molecule has 1 unspecified atom stereocenters. The Morgan fingerprint density at radius 1 is 1.44 bits per heavy atom. The largest absolute Gasteiger partial charge is 0.319 e. The minimum absolute atomic E-state index is 0.196. The Kier molecular flexibility index (Phi) is 3.51. The molecule has 3 nitrogen and oxygen atoms in total. The van der Waals surface area contributed by atoms with E-state index in [1.54, 1.807) is 10.9 Å². The molecular weight excluding hydrogens is 336 g/mol. The van der Waals surface area contributed by atoms with Crippen molar-refractivity contribution in [2.45, 2.75) is 6.04 Å². The Morgan fingerprint density at radius 3 is 2.81 bits per heavy atom. The van der Waals surface area contributed by atoms with Crippen LogP contribution >= 0.6 is 34.2 Å². The molecule has 0 aliphatic carbocycles. The molecule has 0 aliphatic rings. The summed E-state index contributed by atoms with van der Waals surface area (Å²) in [5, 5.41) is 4.82. The lowest BCUT2D eigenvalue weighted by Gasteiger charge is -2.14. The van der Waals surface area contributed by atoms with Crippen LogP contribution in [0.2, 0.25) is 5.02 Å². The van der Waals surface area contributed by atoms with Crippen molar-refractivity contribution in [3.63, 3.8) is 0 Å². The number of benzene rings is 1. The van der Waals surface area contributed by atoms with E-state index in [4.69, 9.17) is 17.3 Å². The zero-order chi connectivity index (χ0) is 11.7. The van der Waals surface area contributed by atoms with Gasteiger partial charge in [-0.25, -0.2) is 0 Å². The smallest absolute Gasteiger partial charge is 0.0733 e. The highest BCUT2D eigenvalue weighted by molar-refractivity contribution is 14.1. The minimum Gasteiger partial charge on any atom is -0.319 e. The zero-order valence-corrected chi connectivity index (χ0v) is 11.6. The summed E-state index contributed by atoms with van der Waals surface area (Å²) in [6, 6.07) is 7.46. The molecule has 0 fully saturated rings. The Labute approximate surface area is 113 Å². The number of hydrogen-bond donors (Lipinski definition) is 1. The molecule has 0 saturated carbocycles. The third-order valence-electron chi connectivity index (χ3n) is 2.47. The summed E-state index contributed by atoms with van der Waals surface area (Å²) in [6.45, 7) is 0. The van der Waals surface area contributed by atoms with Crippen molar-refractivity contribution in [3.05, 3.63) is 50.3 Å². The number of aryl methyl sites for hydroxylation is 1. The molecule has 2 rings (SSSR count). The molecule has 0 bridgehead atoms. The van der Waals surface area contributed by atoms with Crippen molar-refractivity contribution in [2.75, 3.05) is 0 Å². The van der Waals surface area contributed by atoms with Crippen LogP contribution in [-0.2, 0) is 7.05 Å². The quantitative estimate of drug-likeness (QED) is 0.849.